The number of hydrogen-bond donors (Lipinski definition) is 1. The summed E-state index contributed by atoms with van der Waals surface area (Å²) in [4.78, 5) is 14.5. The predicted molar refractivity (Wildman–Crippen MR) is 87.9 cm³/mol. The zero-order chi connectivity index (χ0) is 16.1. The monoisotopic (exact) mass is 296 g/mol. The summed E-state index contributed by atoms with van der Waals surface area (Å²) in [5.74, 6) is 0.158. The summed E-state index contributed by atoms with van der Waals surface area (Å²) >= 11 is 0. The Morgan fingerprint density at radius 1 is 1.23 bits per heavy atom. The fourth-order valence-electron chi connectivity index (χ4n) is 2.06. The molecule has 0 amide bonds. The van der Waals surface area contributed by atoms with Crippen molar-refractivity contribution in [2.75, 3.05) is 0 Å². The number of hydrogen-bond acceptors (Lipinski definition) is 4. The minimum Gasteiger partial charge on any atom is -0.505 e. The Bertz CT molecular complexity index is 764. The Balaban J connectivity index is 2.16. The molecule has 0 heterocycles. The Hall–Kier alpha value is -2.95. The van der Waals surface area contributed by atoms with Crippen LogP contribution in [-0.2, 0) is 0 Å². The summed E-state index contributed by atoms with van der Waals surface area (Å²) in [5.41, 5.74) is 3.05. The van der Waals surface area contributed by atoms with E-state index < -0.39 is 4.92 Å². The van der Waals surface area contributed by atoms with E-state index >= 15 is 0 Å². The van der Waals surface area contributed by atoms with Crippen LogP contribution in [0.1, 0.15) is 16.7 Å². The van der Waals surface area contributed by atoms with Gasteiger partial charge in [0.1, 0.15) is 11.4 Å². The Kier molecular flexibility index (Phi) is 4.68. The lowest BCUT2D eigenvalue weighted by Gasteiger charge is -2.03. The van der Waals surface area contributed by atoms with E-state index in [4.69, 9.17) is 0 Å². The standard InChI is InChI=1S/C17H16N2O3/c1-12-9-13(2)17(20)16(10-12)18-8-4-6-14-5-3-7-15(11-14)19(21)22/h3-11,20H,1-2H3. The molecule has 22 heavy (non-hydrogen) atoms. The molecule has 0 aromatic heterocycles. The maximum atomic E-state index is 10.7. The van der Waals surface area contributed by atoms with Crippen molar-refractivity contribution in [1.29, 1.82) is 0 Å². The number of aliphatic imine (C=N–C) groups is 1. The largest absolute Gasteiger partial charge is 0.505 e. The van der Waals surface area contributed by atoms with Crippen molar-refractivity contribution in [3.05, 3.63) is 69.3 Å². The average molecular weight is 296 g/mol. The summed E-state index contributed by atoms with van der Waals surface area (Å²) in [6, 6.07) is 10.0. The molecule has 0 aliphatic rings. The van der Waals surface area contributed by atoms with Crippen LogP contribution < -0.4 is 0 Å². The van der Waals surface area contributed by atoms with E-state index in [1.54, 1.807) is 36.6 Å². The first-order valence-corrected chi connectivity index (χ1v) is 6.73. The minimum absolute atomic E-state index is 0.0473. The van der Waals surface area contributed by atoms with Crippen molar-refractivity contribution < 1.29 is 10.0 Å². The number of nitro benzene ring substituents is 1. The van der Waals surface area contributed by atoms with E-state index in [0.717, 1.165) is 11.1 Å². The zero-order valence-corrected chi connectivity index (χ0v) is 12.4. The van der Waals surface area contributed by atoms with Crippen LogP contribution in [0.25, 0.3) is 6.08 Å². The highest BCUT2D eigenvalue weighted by atomic mass is 16.6. The molecular formula is C17H16N2O3. The highest BCUT2D eigenvalue weighted by Crippen LogP contribution is 2.30. The molecule has 0 saturated heterocycles. The number of allylic oxidation sites excluding steroid dienone is 1. The van der Waals surface area contributed by atoms with Gasteiger partial charge < -0.3 is 5.11 Å². The molecule has 0 bridgehead atoms. The molecule has 2 rings (SSSR count). The van der Waals surface area contributed by atoms with Crippen molar-refractivity contribution in [2.24, 2.45) is 4.99 Å². The lowest BCUT2D eigenvalue weighted by Crippen LogP contribution is -1.87. The van der Waals surface area contributed by atoms with Gasteiger partial charge in [0, 0.05) is 18.3 Å². The van der Waals surface area contributed by atoms with Crippen LogP contribution in [0.5, 0.6) is 5.75 Å². The first kappa shape index (κ1) is 15.4. The van der Waals surface area contributed by atoms with Gasteiger partial charge in [-0.25, -0.2) is 0 Å². The Morgan fingerprint density at radius 3 is 2.73 bits per heavy atom. The highest BCUT2D eigenvalue weighted by molar-refractivity contribution is 5.81. The third-order valence-corrected chi connectivity index (χ3v) is 3.09. The van der Waals surface area contributed by atoms with Crippen molar-refractivity contribution in [2.45, 2.75) is 13.8 Å². The molecule has 0 fully saturated rings. The third-order valence-electron chi connectivity index (χ3n) is 3.09. The van der Waals surface area contributed by atoms with Gasteiger partial charge in [-0.15, -0.1) is 0 Å². The molecule has 2 aromatic carbocycles. The van der Waals surface area contributed by atoms with Gasteiger partial charge in [-0.3, -0.25) is 15.1 Å². The van der Waals surface area contributed by atoms with Crippen molar-refractivity contribution in [3.8, 4) is 5.75 Å². The molecule has 0 atom stereocenters. The van der Waals surface area contributed by atoms with Gasteiger partial charge in [0.15, 0.2) is 0 Å². The molecular weight excluding hydrogens is 280 g/mol. The van der Waals surface area contributed by atoms with Crippen LogP contribution in [0.3, 0.4) is 0 Å². The molecule has 5 nitrogen and oxygen atoms in total. The number of aryl methyl sites for hydroxylation is 2. The van der Waals surface area contributed by atoms with Crippen LogP contribution in [0.15, 0.2) is 47.5 Å². The first-order valence-electron chi connectivity index (χ1n) is 6.73. The summed E-state index contributed by atoms with van der Waals surface area (Å²) < 4.78 is 0. The van der Waals surface area contributed by atoms with E-state index in [-0.39, 0.29) is 11.4 Å². The lowest BCUT2D eigenvalue weighted by molar-refractivity contribution is -0.384. The van der Waals surface area contributed by atoms with Gasteiger partial charge in [-0.2, -0.15) is 0 Å². The maximum Gasteiger partial charge on any atom is 0.270 e. The SMILES string of the molecule is Cc1cc(C)c(O)c(N=CC=Cc2cccc([N+](=O)[O-])c2)c1. The predicted octanol–water partition coefficient (Wildman–Crippen LogP) is 4.33. The smallest absolute Gasteiger partial charge is 0.270 e. The number of phenolic OH excluding ortho intramolecular Hbond substituents is 1. The van der Waals surface area contributed by atoms with Crippen molar-refractivity contribution >= 4 is 23.7 Å². The van der Waals surface area contributed by atoms with Gasteiger partial charge in [0.2, 0.25) is 0 Å². The average Bonchev–Trinajstić information content (AvgIpc) is 2.48. The van der Waals surface area contributed by atoms with Crippen molar-refractivity contribution in [1.82, 2.24) is 0 Å². The van der Waals surface area contributed by atoms with E-state index in [0.29, 0.717) is 11.3 Å². The summed E-state index contributed by atoms with van der Waals surface area (Å²) in [7, 11) is 0. The quantitative estimate of drug-likeness (QED) is 0.518. The number of nitrogens with zero attached hydrogens (tertiary/aromatic N) is 2. The van der Waals surface area contributed by atoms with Crippen LogP contribution in [0.2, 0.25) is 0 Å². The maximum absolute atomic E-state index is 10.7. The van der Waals surface area contributed by atoms with E-state index in [9.17, 15) is 15.2 Å². The second-order valence-electron chi connectivity index (χ2n) is 4.94. The van der Waals surface area contributed by atoms with Crippen LogP contribution >= 0.6 is 0 Å². The highest BCUT2D eigenvalue weighted by Gasteiger charge is 2.04. The second-order valence-corrected chi connectivity index (χ2v) is 4.94. The van der Waals surface area contributed by atoms with E-state index in [2.05, 4.69) is 4.99 Å². The van der Waals surface area contributed by atoms with Crippen LogP contribution in [0.4, 0.5) is 11.4 Å². The molecule has 0 aliphatic carbocycles. The van der Waals surface area contributed by atoms with Crippen LogP contribution in [-0.4, -0.2) is 16.2 Å². The van der Waals surface area contributed by atoms with Gasteiger partial charge in [-0.1, -0.05) is 24.3 Å². The number of phenols is 1. The number of nitro groups is 1. The Morgan fingerprint density at radius 2 is 2.00 bits per heavy atom. The molecule has 112 valence electrons. The topological polar surface area (TPSA) is 75.7 Å². The molecule has 0 unspecified atom stereocenters. The third kappa shape index (κ3) is 3.79. The summed E-state index contributed by atoms with van der Waals surface area (Å²) in [6.45, 7) is 3.75. The normalized spacial score (nSPS) is 11.4. The first-order chi connectivity index (χ1) is 10.5. The van der Waals surface area contributed by atoms with Gasteiger partial charge in [0.25, 0.3) is 5.69 Å². The summed E-state index contributed by atoms with van der Waals surface area (Å²) in [6.07, 6.45) is 4.94. The number of non-ortho nitro benzene ring substituents is 1. The second kappa shape index (κ2) is 6.67. The molecule has 0 saturated carbocycles. The molecule has 1 N–H and O–H groups in total. The molecule has 0 aliphatic heterocycles. The number of rotatable bonds is 4. The van der Waals surface area contributed by atoms with Crippen LogP contribution in [0, 0.1) is 24.0 Å². The van der Waals surface area contributed by atoms with E-state index in [1.165, 1.54) is 12.1 Å². The molecule has 2 aromatic rings. The molecule has 0 radical (unpaired) electrons. The minimum atomic E-state index is -0.432. The van der Waals surface area contributed by atoms with Crippen molar-refractivity contribution in [3.63, 3.8) is 0 Å². The van der Waals surface area contributed by atoms with Gasteiger partial charge in [-0.05, 0) is 42.7 Å². The number of benzene rings is 2. The number of aromatic hydroxyl groups is 1. The van der Waals surface area contributed by atoms with Gasteiger partial charge >= 0.3 is 0 Å². The summed E-state index contributed by atoms with van der Waals surface area (Å²) in [5, 5.41) is 20.6. The Labute approximate surface area is 128 Å². The van der Waals surface area contributed by atoms with Gasteiger partial charge in [0.05, 0.1) is 4.92 Å². The fraction of sp³-hybridized carbons (Fsp3) is 0.118. The fourth-order valence-corrected chi connectivity index (χ4v) is 2.06. The molecule has 0 spiro atoms. The molecule has 5 heteroatoms. The lowest BCUT2D eigenvalue weighted by atomic mass is 10.1. The zero-order valence-electron chi connectivity index (χ0n) is 12.4. The van der Waals surface area contributed by atoms with E-state index in [1.807, 2.05) is 19.9 Å².